The smallest absolute Gasteiger partial charge is 0.248 e. The summed E-state index contributed by atoms with van der Waals surface area (Å²) < 4.78 is 27.9. The van der Waals surface area contributed by atoms with Gasteiger partial charge in [0.15, 0.2) is 0 Å². The van der Waals surface area contributed by atoms with Crippen molar-refractivity contribution in [3.63, 3.8) is 0 Å². The number of ether oxygens (including phenoxy) is 1. The van der Waals surface area contributed by atoms with Gasteiger partial charge in [-0.3, -0.25) is 4.79 Å². The first-order chi connectivity index (χ1) is 14.3. The Morgan fingerprint density at radius 3 is 2.47 bits per heavy atom. The number of aromatic nitrogens is 1. The van der Waals surface area contributed by atoms with Crippen LogP contribution in [0.5, 0.6) is 5.75 Å². The van der Waals surface area contributed by atoms with Crippen LogP contribution in [0.2, 0.25) is 0 Å². The Kier molecular flexibility index (Phi) is 6.99. The van der Waals surface area contributed by atoms with Crippen LogP contribution in [0, 0.1) is 6.92 Å². The first kappa shape index (κ1) is 21.7. The summed E-state index contributed by atoms with van der Waals surface area (Å²) in [6, 6.07) is 13.8. The second-order valence-corrected chi connectivity index (χ2v) is 9.22. The molecule has 30 heavy (non-hydrogen) atoms. The quantitative estimate of drug-likeness (QED) is 0.518. The van der Waals surface area contributed by atoms with E-state index in [-0.39, 0.29) is 11.7 Å². The minimum absolute atomic E-state index is 0.246. The summed E-state index contributed by atoms with van der Waals surface area (Å²) in [5.74, 6) is 0.180. The Morgan fingerprint density at radius 2 is 1.87 bits per heavy atom. The van der Waals surface area contributed by atoms with E-state index in [0.29, 0.717) is 17.9 Å². The van der Waals surface area contributed by atoms with Crippen LogP contribution in [0.4, 0.5) is 5.69 Å². The molecule has 3 N–H and O–H groups in total. The maximum absolute atomic E-state index is 12.1. The van der Waals surface area contributed by atoms with Gasteiger partial charge < -0.3 is 10.1 Å². The largest absolute Gasteiger partial charge is 0.487 e. The standard InChI is InChI=1S/C21H21N3O4S2/c1-15-23-19(13-29-15)12-28-20-9-4-16(5-10-20)6-11-21(25)24-18-7-2-17(3-8-18)14-30(22,26)27/h2-11,13H,12,14H2,1H3,(H,24,25)(H2,22,26,27)/b11-6+. The number of sulfonamides is 1. The van der Waals surface area contributed by atoms with Gasteiger partial charge in [0, 0.05) is 17.1 Å². The van der Waals surface area contributed by atoms with Gasteiger partial charge in [-0.25, -0.2) is 18.5 Å². The molecule has 0 aliphatic rings. The summed E-state index contributed by atoms with van der Waals surface area (Å²) in [6.45, 7) is 2.37. The molecule has 1 aromatic heterocycles. The average Bonchev–Trinajstić information content (AvgIpc) is 3.11. The van der Waals surface area contributed by atoms with Crippen LogP contribution >= 0.6 is 11.3 Å². The van der Waals surface area contributed by atoms with Gasteiger partial charge >= 0.3 is 0 Å². The highest BCUT2D eigenvalue weighted by Gasteiger charge is 2.05. The van der Waals surface area contributed by atoms with Crippen LogP contribution in [-0.4, -0.2) is 19.3 Å². The van der Waals surface area contributed by atoms with Crippen molar-refractivity contribution in [2.24, 2.45) is 5.14 Å². The maximum atomic E-state index is 12.1. The molecule has 0 radical (unpaired) electrons. The Morgan fingerprint density at radius 1 is 1.17 bits per heavy atom. The van der Waals surface area contributed by atoms with E-state index in [4.69, 9.17) is 9.88 Å². The highest BCUT2D eigenvalue weighted by atomic mass is 32.2. The molecule has 2 aromatic carbocycles. The number of anilines is 1. The molecule has 0 aliphatic carbocycles. The van der Waals surface area contributed by atoms with Crippen molar-refractivity contribution >= 4 is 39.0 Å². The number of nitrogens with zero attached hydrogens (tertiary/aromatic N) is 1. The molecule has 0 bridgehead atoms. The SMILES string of the molecule is Cc1nc(COc2ccc(/C=C/C(=O)Nc3ccc(CS(N)(=O)=O)cc3)cc2)cs1. The average molecular weight is 444 g/mol. The molecule has 0 fully saturated rings. The first-order valence-electron chi connectivity index (χ1n) is 8.99. The second kappa shape index (κ2) is 9.66. The third kappa shape index (κ3) is 7.11. The van der Waals surface area contributed by atoms with E-state index in [9.17, 15) is 13.2 Å². The number of carbonyl (C=O) groups excluding carboxylic acids is 1. The molecule has 0 saturated carbocycles. The first-order valence-corrected chi connectivity index (χ1v) is 11.6. The van der Waals surface area contributed by atoms with E-state index < -0.39 is 10.0 Å². The van der Waals surface area contributed by atoms with Gasteiger partial charge in [-0.15, -0.1) is 11.3 Å². The number of aryl methyl sites for hydroxylation is 1. The fourth-order valence-corrected chi connectivity index (χ4v) is 3.83. The molecule has 7 nitrogen and oxygen atoms in total. The lowest BCUT2D eigenvalue weighted by Gasteiger charge is -2.05. The molecular weight excluding hydrogens is 422 g/mol. The zero-order valence-electron chi connectivity index (χ0n) is 16.2. The topological polar surface area (TPSA) is 111 Å². The van der Waals surface area contributed by atoms with Crippen molar-refractivity contribution in [1.29, 1.82) is 0 Å². The molecule has 0 saturated heterocycles. The molecule has 3 aromatic rings. The Labute approximate surface area is 179 Å². The number of hydrogen-bond donors (Lipinski definition) is 2. The summed E-state index contributed by atoms with van der Waals surface area (Å²) in [4.78, 5) is 16.4. The van der Waals surface area contributed by atoms with Gasteiger partial charge in [-0.05, 0) is 48.4 Å². The lowest BCUT2D eigenvalue weighted by Crippen LogP contribution is -2.14. The molecule has 0 atom stereocenters. The number of primary sulfonamides is 1. The van der Waals surface area contributed by atoms with Crippen molar-refractivity contribution in [2.75, 3.05) is 5.32 Å². The number of nitrogens with two attached hydrogens (primary N) is 1. The van der Waals surface area contributed by atoms with Gasteiger partial charge in [0.05, 0.1) is 16.5 Å². The van der Waals surface area contributed by atoms with Crippen LogP contribution in [-0.2, 0) is 27.2 Å². The monoisotopic (exact) mass is 443 g/mol. The van der Waals surface area contributed by atoms with Crippen molar-refractivity contribution in [2.45, 2.75) is 19.3 Å². The van der Waals surface area contributed by atoms with Gasteiger partial charge in [-0.2, -0.15) is 0 Å². The fourth-order valence-electron chi connectivity index (χ4n) is 2.58. The van der Waals surface area contributed by atoms with Gasteiger partial charge in [0.1, 0.15) is 12.4 Å². The van der Waals surface area contributed by atoms with E-state index in [2.05, 4.69) is 10.3 Å². The Hall–Kier alpha value is -3.01. The van der Waals surface area contributed by atoms with Gasteiger partial charge in [0.25, 0.3) is 0 Å². The summed E-state index contributed by atoms with van der Waals surface area (Å²) in [6.07, 6.45) is 3.12. The zero-order chi connectivity index (χ0) is 21.6. The highest BCUT2D eigenvalue weighted by Crippen LogP contribution is 2.16. The minimum Gasteiger partial charge on any atom is -0.487 e. The normalized spacial score (nSPS) is 11.5. The van der Waals surface area contributed by atoms with Crippen LogP contribution in [0.1, 0.15) is 21.8 Å². The number of amides is 1. The van der Waals surface area contributed by atoms with Crippen molar-refractivity contribution < 1.29 is 17.9 Å². The molecule has 3 rings (SSSR count). The van der Waals surface area contributed by atoms with E-state index in [1.165, 1.54) is 6.08 Å². The predicted octanol–water partition coefficient (Wildman–Crippen LogP) is 3.47. The molecule has 9 heteroatoms. The zero-order valence-corrected chi connectivity index (χ0v) is 17.9. The second-order valence-electron chi connectivity index (χ2n) is 6.54. The molecule has 156 valence electrons. The summed E-state index contributed by atoms with van der Waals surface area (Å²) >= 11 is 1.59. The van der Waals surface area contributed by atoms with Crippen molar-refractivity contribution in [3.8, 4) is 5.75 Å². The molecule has 0 aliphatic heterocycles. The molecule has 0 spiro atoms. The van der Waals surface area contributed by atoms with Crippen LogP contribution < -0.4 is 15.2 Å². The minimum atomic E-state index is -3.58. The number of nitrogens with one attached hydrogen (secondary N) is 1. The molecule has 1 heterocycles. The van der Waals surface area contributed by atoms with E-state index >= 15 is 0 Å². The fraction of sp³-hybridized carbons (Fsp3) is 0.143. The number of rotatable bonds is 8. The number of benzene rings is 2. The predicted molar refractivity (Wildman–Crippen MR) is 119 cm³/mol. The van der Waals surface area contributed by atoms with Crippen LogP contribution in [0.25, 0.3) is 6.08 Å². The number of thiazole rings is 1. The Balaban J connectivity index is 1.50. The van der Waals surface area contributed by atoms with Crippen LogP contribution in [0.15, 0.2) is 60.0 Å². The molecule has 0 unspecified atom stereocenters. The third-order valence-corrected chi connectivity index (χ3v) is 5.51. The van der Waals surface area contributed by atoms with Gasteiger partial charge in [-0.1, -0.05) is 24.3 Å². The summed E-state index contributed by atoms with van der Waals surface area (Å²) in [5.41, 5.74) is 2.86. The summed E-state index contributed by atoms with van der Waals surface area (Å²) in [7, 11) is -3.58. The molecular formula is C21H21N3O4S2. The lowest BCUT2D eigenvalue weighted by atomic mass is 10.2. The van der Waals surface area contributed by atoms with E-state index in [1.807, 2.05) is 36.6 Å². The maximum Gasteiger partial charge on any atom is 0.248 e. The van der Waals surface area contributed by atoms with Gasteiger partial charge in [0.2, 0.25) is 15.9 Å². The lowest BCUT2D eigenvalue weighted by molar-refractivity contribution is -0.111. The van der Waals surface area contributed by atoms with Crippen molar-refractivity contribution in [1.82, 2.24) is 4.98 Å². The number of carbonyl (C=O) groups is 1. The third-order valence-electron chi connectivity index (χ3n) is 3.95. The van der Waals surface area contributed by atoms with E-state index in [1.54, 1.807) is 41.7 Å². The van der Waals surface area contributed by atoms with E-state index in [0.717, 1.165) is 22.0 Å². The highest BCUT2D eigenvalue weighted by molar-refractivity contribution is 7.88. The Bertz CT molecular complexity index is 1140. The van der Waals surface area contributed by atoms with Crippen LogP contribution in [0.3, 0.4) is 0 Å². The summed E-state index contributed by atoms with van der Waals surface area (Å²) in [5, 5.41) is 10.7. The van der Waals surface area contributed by atoms with Crippen molar-refractivity contribution in [3.05, 3.63) is 81.8 Å². The molecule has 1 amide bonds. The number of hydrogen-bond acceptors (Lipinski definition) is 6.